The molecule has 1 aromatic heterocycles. The molecule has 4 aliphatic heterocycles. The second kappa shape index (κ2) is 6.16. The lowest BCUT2D eigenvalue weighted by atomic mass is 9.75. The number of hydrogen-bond donors (Lipinski definition) is 0. The number of carbonyl (C=O) groups excluding carboxylic acids is 1. The molecule has 4 fully saturated rings. The van der Waals surface area contributed by atoms with Gasteiger partial charge in [-0.15, -0.1) is 0 Å². The van der Waals surface area contributed by atoms with Crippen LogP contribution in [-0.2, 0) is 0 Å². The quantitative estimate of drug-likeness (QED) is 0.816. The number of nitrogens with zero attached hydrogens (tertiary/aromatic N) is 3. The molecule has 0 saturated carbocycles. The van der Waals surface area contributed by atoms with Crippen molar-refractivity contribution in [3.63, 3.8) is 0 Å². The van der Waals surface area contributed by atoms with Gasteiger partial charge in [-0.2, -0.15) is 0 Å². The lowest BCUT2D eigenvalue weighted by molar-refractivity contribution is -0.00347. The number of fused-ring (bicyclic) bond motifs is 2. The van der Waals surface area contributed by atoms with Gasteiger partial charge in [-0.1, -0.05) is 17.3 Å². The van der Waals surface area contributed by atoms with Gasteiger partial charge in [-0.3, -0.25) is 9.69 Å². The average Bonchev–Trinajstić information content (AvgIpc) is 3.25. The monoisotopic (exact) mass is 369 g/mol. The summed E-state index contributed by atoms with van der Waals surface area (Å²) in [6.45, 7) is 6.48. The van der Waals surface area contributed by atoms with Gasteiger partial charge in [0.1, 0.15) is 17.1 Å². The van der Waals surface area contributed by atoms with E-state index in [0.29, 0.717) is 35.5 Å². The van der Waals surface area contributed by atoms with Gasteiger partial charge in [0.2, 0.25) is 0 Å². The van der Waals surface area contributed by atoms with Crippen LogP contribution >= 0.6 is 0 Å². The topological polar surface area (TPSA) is 49.6 Å². The van der Waals surface area contributed by atoms with Crippen molar-refractivity contribution in [2.45, 2.75) is 44.7 Å². The van der Waals surface area contributed by atoms with Gasteiger partial charge < -0.3 is 9.42 Å². The number of halogens is 1. The summed E-state index contributed by atoms with van der Waals surface area (Å²) in [5.74, 6) is 1.14. The molecular weight excluding hydrogens is 345 g/mol. The maximum atomic E-state index is 13.5. The first-order chi connectivity index (χ1) is 13.0. The van der Waals surface area contributed by atoms with Crippen LogP contribution in [0.2, 0.25) is 0 Å². The normalized spacial score (nSPS) is 32.0. The van der Waals surface area contributed by atoms with E-state index in [1.165, 1.54) is 12.1 Å². The molecule has 0 aliphatic carbocycles. The Balaban J connectivity index is 1.54. The maximum Gasteiger partial charge on any atom is 0.259 e. The van der Waals surface area contributed by atoms with Crippen molar-refractivity contribution in [3.8, 4) is 0 Å². The number of benzene rings is 1. The van der Waals surface area contributed by atoms with Crippen LogP contribution < -0.4 is 0 Å². The van der Waals surface area contributed by atoms with E-state index in [0.717, 1.165) is 31.5 Å². The Morgan fingerprint density at radius 2 is 1.85 bits per heavy atom. The van der Waals surface area contributed by atoms with Gasteiger partial charge in [0.15, 0.2) is 0 Å². The number of piperidine rings is 3. The van der Waals surface area contributed by atoms with Crippen molar-refractivity contribution in [1.82, 2.24) is 15.0 Å². The summed E-state index contributed by atoms with van der Waals surface area (Å²) in [4.78, 5) is 18.1. The fourth-order valence-corrected chi connectivity index (χ4v) is 5.59. The minimum atomic E-state index is -0.220. The van der Waals surface area contributed by atoms with Crippen molar-refractivity contribution >= 4 is 5.91 Å². The molecule has 0 unspecified atom stereocenters. The second-order valence-electron chi connectivity index (χ2n) is 8.17. The summed E-state index contributed by atoms with van der Waals surface area (Å²) in [6, 6.07) is 7.34. The molecule has 0 N–H and O–H groups in total. The van der Waals surface area contributed by atoms with Crippen LogP contribution in [0.4, 0.5) is 4.39 Å². The molecule has 0 radical (unpaired) electrons. The van der Waals surface area contributed by atoms with Gasteiger partial charge >= 0.3 is 0 Å². The van der Waals surface area contributed by atoms with Gasteiger partial charge in [-0.05, 0) is 63.4 Å². The molecule has 2 aromatic rings. The van der Waals surface area contributed by atoms with Crippen LogP contribution in [0.1, 0.15) is 46.1 Å². The molecular formula is C21H24FN3O2. The van der Waals surface area contributed by atoms with Gasteiger partial charge in [0.25, 0.3) is 5.91 Å². The van der Waals surface area contributed by atoms with E-state index in [1.807, 2.05) is 19.1 Å². The summed E-state index contributed by atoms with van der Waals surface area (Å²) in [5, 5.41) is 3.97. The van der Waals surface area contributed by atoms with Crippen molar-refractivity contribution in [2.24, 2.45) is 5.92 Å². The standard InChI is InChI=1S/C21H24FN3O2/c1-12-18(13(2)27-23-12)21(26)25-11-17(14-3-5-16(22)6-4-14)20-19(25)15-7-9-24(20)10-8-15/h3-6,15,17,19-20H,7-11H2,1-2H3/t17-,19+,20+/m1/s1. The van der Waals surface area contributed by atoms with E-state index in [1.54, 1.807) is 6.92 Å². The molecule has 1 aromatic carbocycles. The molecule has 142 valence electrons. The summed E-state index contributed by atoms with van der Waals surface area (Å²) in [5.41, 5.74) is 2.37. The highest BCUT2D eigenvalue weighted by Crippen LogP contribution is 2.47. The zero-order chi connectivity index (χ0) is 18.7. The number of aryl methyl sites for hydroxylation is 2. The second-order valence-corrected chi connectivity index (χ2v) is 8.17. The highest BCUT2D eigenvalue weighted by molar-refractivity contribution is 5.96. The third kappa shape index (κ3) is 2.53. The molecule has 6 heteroatoms. The Labute approximate surface area is 158 Å². The first-order valence-corrected chi connectivity index (χ1v) is 9.78. The van der Waals surface area contributed by atoms with E-state index >= 15 is 0 Å². The number of aromatic nitrogens is 1. The minimum absolute atomic E-state index is 0.0274. The van der Waals surface area contributed by atoms with Crippen LogP contribution in [0.15, 0.2) is 28.8 Å². The number of hydrogen-bond acceptors (Lipinski definition) is 4. The highest BCUT2D eigenvalue weighted by atomic mass is 19.1. The third-order valence-corrected chi connectivity index (χ3v) is 6.80. The first kappa shape index (κ1) is 16.9. The fraction of sp³-hybridized carbons (Fsp3) is 0.524. The zero-order valence-electron chi connectivity index (χ0n) is 15.7. The Hall–Kier alpha value is -2.21. The molecule has 5 heterocycles. The van der Waals surface area contributed by atoms with Gasteiger partial charge in [-0.25, -0.2) is 4.39 Å². The minimum Gasteiger partial charge on any atom is -0.361 e. The van der Waals surface area contributed by atoms with Crippen molar-refractivity contribution in [1.29, 1.82) is 0 Å². The largest absolute Gasteiger partial charge is 0.361 e. The number of rotatable bonds is 2. The molecule has 6 rings (SSSR count). The van der Waals surface area contributed by atoms with E-state index in [-0.39, 0.29) is 23.7 Å². The lowest BCUT2D eigenvalue weighted by Crippen LogP contribution is -2.60. The van der Waals surface area contributed by atoms with Crippen molar-refractivity contribution in [2.75, 3.05) is 19.6 Å². The molecule has 27 heavy (non-hydrogen) atoms. The summed E-state index contributed by atoms with van der Waals surface area (Å²) in [7, 11) is 0. The predicted octanol–water partition coefficient (Wildman–Crippen LogP) is 3.13. The summed E-state index contributed by atoms with van der Waals surface area (Å²) < 4.78 is 18.7. The van der Waals surface area contributed by atoms with Crippen LogP contribution in [0.3, 0.4) is 0 Å². The molecule has 2 bridgehead atoms. The third-order valence-electron chi connectivity index (χ3n) is 6.80. The van der Waals surface area contributed by atoms with Crippen molar-refractivity contribution in [3.05, 3.63) is 52.7 Å². The van der Waals surface area contributed by atoms with Gasteiger partial charge in [0, 0.05) is 18.5 Å². The maximum absolute atomic E-state index is 13.5. The Morgan fingerprint density at radius 1 is 1.15 bits per heavy atom. The molecule has 0 spiro atoms. The molecule has 5 nitrogen and oxygen atoms in total. The first-order valence-electron chi connectivity index (χ1n) is 9.78. The summed E-state index contributed by atoms with van der Waals surface area (Å²) >= 11 is 0. The lowest BCUT2D eigenvalue weighted by Gasteiger charge is -2.51. The molecule has 3 atom stereocenters. The molecule has 4 saturated heterocycles. The average molecular weight is 369 g/mol. The Morgan fingerprint density at radius 3 is 2.48 bits per heavy atom. The van der Waals surface area contributed by atoms with E-state index < -0.39 is 0 Å². The van der Waals surface area contributed by atoms with Gasteiger partial charge in [0.05, 0.1) is 11.7 Å². The fourth-order valence-electron chi connectivity index (χ4n) is 5.59. The van der Waals surface area contributed by atoms with E-state index in [2.05, 4.69) is 15.0 Å². The van der Waals surface area contributed by atoms with Crippen LogP contribution in [-0.4, -0.2) is 52.6 Å². The molecule has 1 amide bonds. The SMILES string of the molecule is Cc1noc(C)c1C(=O)N1C[C@H](c2ccc(F)cc2)[C@H]2[C@@H]1C1CCN2CC1. The smallest absolute Gasteiger partial charge is 0.259 e. The van der Waals surface area contributed by atoms with Crippen LogP contribution in [0.25, 0.3) is 0 Å². The van der Waals surface area contributed by atoms with Crippen LogP contribution in [0.5, 0.6) is 0 Å². The predicted molar refractivity (Wildman–Crippen MR) is 98.0 cm³/mol. The summed E-state index contributed by atoms with van der Waals surface area (Å²) in [6.07, 6.45) is 2.28. The van der Waals surface area contributed by atoms with Crippen LogP contribution in [0, 0.1) is 25.6 Å². The highest BCUT2D eigenvalue weighted by Gasteiger charge is 2.55. The number of amides is 1. The Kier molecular flexibility index (Phi) is 3.86. The zero-order valence-corrected chi connectivity index (χ0v) is 15.7. The van der Waals surface area contributed by atoms with E-state index in [4.69, 9.17) is 4.52 Å². The van der Waals surface area contributed by atoms with E-state index in [9.17, 15) is 9.18 Å². The molecule has 4 aliphatic rings. The number of carbonyl (C=O) groups is 1. The number of likely N-dealkylation sites (tertiary alicyclic amines) is 1. The van der Waals surface area contributed by atoms with Crippen molar-refractivity contribution < 1.29 is 13.7 Å². The Bertz CT molecular complexity index is 851.